The first-order valence-corrected chi connectivity index (χ1v) is 4.76. The Balaban J connectivity index is 2.36. The smallest absolute Gasteiger partial charge is 0.209 e. The summed E-state index contributed by atoms with van der Waals surface area (Å²) in [5.74, 6) is 0. The lowest BCUT2D eigenvalue weighted by Gasteiger charge is -2.37. The van der Waals surface area contributed by atoms with Crippen molar-refractivity contribution in [3.8, 4) is 0 Å². The van der Waals surface area contributed by atoms with Crippen LogP contribution >= 0.6 is 0 Å². The van der Waals surface area contributed by atoms with E-state index in [-0.39, 0.29) is 12.1 Å². The molecule has 2 unspecified atom stereocenters. The van der Waals surface area contributed by atoms with E-state index in [1.165, 1.54) is 0 Å². The van der Waals surface area contributed by atoms with E-state index < -0.39 is 0 Å². The predicted octanol–water partition coefficient (Wildman–Crippen LogP) is -0.470. The Morgan fingerprint density at radius 3 is 2.15 bits per heavy atom. The summed E-state index contributed by atoms with van der Waals surface area (Å²) in [5, 5.41) is 9.37. The average molecular weight is 186 g/mol. The third-order valence-electron chi connectivity index (χ3n) is 2.77. The first-order chi connectivity index (χ1) is 6.15. The highest BCUT2D eigenvalue weighted by Gasteiger charge is 2.22. The molecular weight excluding hydrogens is 168 g/mol. The van der Waals surface area contributed by atoms with Crippen LogP contribution in [0.5, 0.6) is 0 Å². The van der Waals surface area contributed by atoms with Crippen LogP contribution in [0.1, 0.15) is 13.8 Å². The van der Waals surface area contributed by atoms with Gasteiger partial charge in [0, 0.05) is 32.2 Å². The van der Waals surface area contributed by atoms with E-state index in [9.17, 15) is 9.90 Å². The van der Waals surface area contributed by atoms with E-state index in [4.69, 9.17) is 0 Å². The van der Waals surface area contributed by atoms with Gasteiger partial charge in [-0.3, -0.25) is 9.69 Å². The second-order valence-corrected chi connectivity index (χ2v) is 3.66. The molecule has 0 aliphatic carbocycles. The molecule has 1 heterocycles. The van der Waals surface area contributed by atoms with Crippen LogP contribution in [0.15, 0.2) is 0 Å². The fourth-order valence-electron chi connectivity index (χ4n) is 1.56. The summed E-state index contributed by atoms with van der Waals surface area (Å²) in [7, 11) is 0. The summed E-state index contributed by atoms with van der Waals surface area (Å²) in [6, 6.07) is 0.189. The van der Waals surface area contributed by atoms with Crippen molar-refractivity contribution in [2.75, 3.05) is 26.2 Å². The molecule has 4 nitrogen and oxygen atoms in total. The summed E-state index contributed by atoms with van der Waals surface area (Å²) in [5.41, 5.74) is 0. The molecule has 0 aromatic carbocycles. The molecule has 76 valence electrons. The molecule has 1 fully saturated rings. The van der Waals surface area contributed by atoms with Gasteiger partial charge in [0.1, 0.15) is 0 Å². The van der Waals surface area contributed by atoms with Crippen molar-refractivity contribution >= 4 is 6.41 Å². The first kappa shape index (κ1) is 10.5. The van der Waals surface area contributed by atoms with Crippen molar-refractivity contribution in [3.63, 3.8) is 0 Å². The van der Waals surface area contributed by atoms with Gasteiger partial charge in [-0.1, -0.05) is 0 Å². The standard InChI is InChI=1S/C9H18N2O2/c1-8(9(2)13)11-5-3-10(7-12)4-6-11/h7-9,13H,3-6H2,1-2H3. The monoisotopic (exact) mass is 186 g/mol. The van der Waals surface area contributed by atoms with Gasteiger partial charge in [-0.05, 0) is 13.8 Å². The number of amides is 1. The summed E-state index contributed by atoms with van der Waals surface area (Å²) < 4.78 is 0. The van der Waals surface area contributed by atoms with Crippen LogP contribution < -0.4 is 0 Å². The highest BCUT2D eigenvalue weighted by molar-refractivity contribution is 5.47. The number of aliphatic hydroxyl groups excluding tert-OH is 1. The number of nitrogens with zero attached hydrogens (tertiary/aromatic N) is 2. The van der Waals surface area contributed by atoms with Crippen molar-refractivity contribution in [2.45, 2.75) is 26.0 Å². The maximum absolute atomic E-state index is 10.4. The Morgan fingerprint density at radius 2 is 1.77 bits per heavy atom. The van der Waals surface area contributed by atoms with Crippen LogP contribution in [0.2, 0.25) is 0 Å². The topological polar surface area (TPSA) is 43.8 Å². The van der Waals surface area contributed by atoms with Gasteiger partial charge >= 0.3 is 0 Å². The molecular formula is C9H18N2O2. The molecule has 2 atom stereocenters. The minimum atomic E-state index is -0.303. The van der Waals surface area contributed by atoms with Gasteiger partial charge in [0.15, 0.2) is 0 Å². The second kappa shape index (κ2) is 4.58. The number of hydrogen-bond acceptors (Lipinski definition) is 3. The van der Waals surface area contributed by atoms with E-state index >= 15 is 0 Å². The zero-order valence-corrected chi connectivity index (χ0v) is 8.31. The lowest BCUT2D eigenvalue weighted by atomic mass is 10.1. The molecule has 0 aromatic heterocycles. The van der Waals surface area contributed by atoms with E-state index in [0.29, 0.717) is 0 Å². The fraction of sp³-hybridized carbons (Fsp3) is 0.889. The number of rotatable bonds is 3. The van der Waals surface area contributed by atoms with Crippen LogP contribution in [0.25, 0.3) is 0 Å². The van der Waals surface area contributed by atoms with Gasteiger partial charge < -0.3 is 10.0 Å². The SMILES string of the molecule is CC(O)C(C)N1CCN(C=O)CC1. The maximum Gasteiger partial charge on any atom is 0.209 e. The third-order valence-corrected chi connectivity index (χ3v) is 2.77. The molecule has 4 heteroatoms. The average Bonchev–Trinajstić information content (AvgIpc) is 2.17. The van der Waals surface area contributed by atoms with Gasteiger partial charge in [0.25, 0.3) is 0 Å². The normalized spacial score (nSPS) is 24.1. The minimum Gasteiger partial charge on any atom is -0.392 e. The molecule has 0 aromatic rings. The first-order valence-electron chi connectivity index (χ1n) is 4.76. The van der Waals surface area contributed by atoms with Crippen molar-refractivity contribution < 1.29 is 9.90 Å². The Bertz CT molecular complexity index is 165. The predicted molar refractivity (Wildman–Crippen MR) is 50.4 cm³/mol. The molecule has 1 aliphatic heterocycles. The zero-order chi connectivity index (χ0) is 9.84. The number of carbonyl (C=O) groups is 1. The van der Waals surface area contributed by atoms with Crippen LogP contribution in [0.3, 0.4) is 0 Å². The van der Waals surface area contributed by atoms with Crippen LogP contribution in [-0.2, 0) is 4.79 Å². The van der Waals surface area contributed by atoms with E-state index in [2.05, 4.69) is 4.90 Å². The number of aliphatic hydroxyl groups is 1. The Hall–Kier alpha value is -0.610. The molecule has 1 N–H and O–H groups in total. The molecule has 1 amide bonds. The van der Waals surface area contributed by atoms with Gasteiger partial charge in [0.2, 0.25) is 6.41 Å². The number of piperazine rings is 1. The van der Waals surface area contributed by atoms with Crippen molar-refractivity contribution in [2.24, 2.45) is 0 Å². The van der Waals surface area contributed by atoms with Crippen molar-refractivity contribution in [1.82, 2.24) is 9.80 Å². The summed E-state index contributed by atoms with van der Waals surface area (Å²) in [6.45, 7) is 7.11. The minimum absolute atomic E-state index is 0.189. The molecule has 1 saturated heterocycles. The molecule has 0 spiro atoms. The third kappa shape index (κ3) is 2.67. The fourth-order valence-corrected chi connectivity index (χ4v) is 1.56. The van der Waals surface area contributed by atoms with Crippen LogP contribution in [0, 0.1) is 0 Å². The molecule has 1 aliphatic rings. The largest absolute Gasteiger partial charge is 0.392 e. The second-order valence-electron chi connectivity index (χ2n) is 3.66. The van der Waals surface area contributed by atoms with Crippen molar-refractivity contribution in [3.05, 3.63) is 0 Å². The van der Waals surface area contributed by atoms with Crippen LogP contribution in [0.4, 0.5) is 0 Å². The molecule has 13 heavy (non-hydrogen) atoms. The Morgan fingerprint density at radius 1 is 1.23 bits per heavy atom. The van der Waals surface area contributed by atoms with Gasteiger partial charge in [0.05, 0.1) is 6.10 Å². The van der Waals surface area contributed by atoms with Gasteiger partial charge in [-0.2, -0.15) is 0 Å². The number of hydrogen-bond donors (Lipinski definition) is 1. The molecule has 1 rings (SSSR count). The molecule has 0 saturated carbocycles. The highest BCUT2D eigenvalue weighted by Crippen LogP contribution is 2.07. The highest BCUT2D eigenvalue weighted by atomic mass is 16.3. The van der Waals surface area contributed by atoms with E-state index in [1.807, 2.05) is 6.92 Å². The maximum atomic E-state index is 10.4. The van der Waals surface area contributed by atoms with E-state index in [1.54, 1.807) is 11.8 Å². The van der Waals surface area contributed by atoms with Crippen molar-refractivity contribution in [1.29, 1.82) is 0 Å². The number of carbonyl (C=O) groups excluding carboxylic acids is 1. The lowest BCUT2D eigenvalue weighted by Crippen LogP contribution is -2.51. The van der Waals surface area contributed by atoms with Crippen LogP contribution in [-0.4, -0.2) is 59.6 Å². The van der Waals surface area contributed by atoms with E-state index in [0.717, 1.165) is 32.6 Å². The lowest BCUT2D eigenvalue weighted by molar-refractivity contribution is -0.120. The Kier molecular flexibility index (Phi) is 3.69. The molecule has 0 bridgehead atoms. The van der Waals surface area contributed by atoms with Gasteiger partial charge in [-0.25, -0.2) is 0 Å². The summed E-state index contributed by atoms with van der Waals surface area (Å²) in [4.78, 5) is 14.4. The zero-order valence-electron chi connectivity index (χ0n) is 8.31. The summed E-state index contributed by atoms with van der Waals surface area (Å²) in [6.07, 6.45) is 0.590. The summed E-state index contributed by atoms with van der Waals surface area (Å²) >= 11 is 0. The quantitative estimate of drug-likeness (QED) is 0.606. The van der Waals surface area contributed by atoms with Gasteiger partial charge in [-0.15, -0.1) is 0 Å². The molecule has 0 radical (unpaired) electrons. The Labute approximate surface area is 79.1 Å².